The smallest absolute Gasteiger partial charge is 0.136 e. The number of hydrogen-bond acceptors (Lipinski definition) is 3. The number of aryl methyl sites for hydroxylation is 1. The van der Waals surface area contributed by atoms with Crippen molar-refractivity contribution in [3.63, 3.8) is 0 Å². The van der Waals surface area contributed by atoms with Crippen molar-refractivity contribution in [2.45, 2.75) is 26.7 Å². The van der Waals surface area contributed by atoms with Gasteiger partial charge in [0.05, 0.1) is 12.4 Å². The quantitative estimate of drug-likeness (QED) is 0.825. The molecule has 0 spiro atoms. The van der Waals surface area contributed by atoms with Gasteiger partial charge in [0, 0.05) is 18.4 Å². The summed E-state index contributed by atoms with van der Waals surface area (Å²) in [5, 5.41) is 7.66. The minimum absolute atomic E-state index is 0.271. The van der Waals surface area contributed by atoms with Gasteiger partial charge in [-0.3, -0.25) is 4.79 Å². The van der Waals surface area contributed by atoms with E-state index in [2.05, 4.69) is 23.2 Å². The van der Waals surface area contributed by atoms with E-state index in [4.69, 9.17) is 0 Å². The van der Waals surface area contributed by atoms with E-state index in [0.29, 0.717) is 12.8 Å². The van der Waals surface area contributed by atoms with Crippen molar-refractivity contribution in [3.05, 3.63) is 47.8 Å². The van der Waals surface area contributed by atoms with Gasteiger partial charge in [0.1, 0.15) is 5.78 Å². The molecule has 0 N–H and O–H groups in total. The highest BCUT2D eigenvalue weighted by molar-refractivity contribution is 5.81. The molecule has 1 heterocycles. The van der Waals surface area contributed by atoms with Crippen LogP contribution < -0.4 is 0 Å². The molecule has 92 valence electrons. The summed E-state index contributed by atoms with van der Waals surface area (Å²) in [6, 6.07) is 8.07. The van der Waals surface area contributed by atoms with Gasteiger partial charge in [0.2, 0.25) is 0 Å². The Morgan fingerprint density at radius 3 is 2.67 bits per heavy atom. The van der Waals surface area contributed by atoms with Crippen LogP contribution in [0.4, 0.5) is 0 Å². The summed E-state index contributed by atoms with van der Waals surface area (Å²) >= 11 is 0. The first-order chi connectivity index (χ1) is 8.70. The molecule has 0 aliphatic carbocycles. The maximum absolute atomic E-state index is 11.4. The monoisotopic (exact) mass is 240 g/mol. The first-order valence-electron chi connectivity index (χ1n) is 6.09. The van der Waals surface area contributed by atoms with E-state index in [9.17, 15) is 4.79 Å². The summed E-state index contributed by atoms with van der Waals surface area (Å²) in [6.07, 6.45) is 4.55. The van der Waals surface area contributed by atoms with E-state index in [1.165, 1.54) is 0 Å². The van der Waals surface area contributed by atoms with Crippen LogP contribution in [0, 0.1) is 6.92 Å². The van der Waals surface area contributed by atoms with Gasteiger partial charge < -0.3 is 0 Å². The number of carbonyl (C=O) groups excluding carboxylic acids is 1. The highest BCUT2D eigenvalue weighted by Gasteiger charge is 2.05. The normalized spacial score (nSPS) is 10.3. The third-order valence-corrected chi connectivity index (χ3v) is 2.98. The highest BCUT2D eigenvalue weighted by Crippen LogP contribution is 2.23. The van der Waals surface area contributed by atoms with Crippen LogP contribution in [-0.2, 0) is 11.2 Å². The molecule has 0 saturated heterocycles. The average molecular weight is 240 g/mol. The topological polar surface area (TPSA) is 42.9 Å². The van der Waals surface area contributed by atoms with Crippen molar-refractivity contribution >= 4 is 5.78 Å². The van der Waals surface area contributed by atoms with E-state index in [1.54, 1.807) is 12.4 Å². The van der Waals surface area contributed by atoms with Crippen LogP contribution in [0.3, 0.4) is 0 Å². The molecule has 0 radical (unpaired) electrons. The summed E-state index contributed by atoms with van der Waals surface area (Å²) in [5.74, 6) is 0.271. The van der Waals surface area contributed by atoms with Gasteiger partial charge >= 0.3 is 0 Å². The zero-order chi connectivity index (χ0) is 13.0. The molecule has 1 aromatic heterocycles. The number of hydrogen-bond donors (Lipinski definition) is 0. The van der Waals surface area contributed by atoms with Crippen LogP contribution in [0.1, 0.15) is 24.5 Å². The van der Waals surface area contributed by atoms with Crippen LogP contribution in [0.5, 0.6) is 0 Å². The Bertz CT molecular complexity index is 550. The highest BCUT2D eigenvalue weighted by atomic mass is 16.1. The second-order valence-electron chi connectivity index (χ2n) is 4.35. The van der Waals surface area contributed by atoms with Crippen LogP contribution >= 0.6 is 0 Å². The second-order valence-corrected chi connectivity index (χ2v) is 4.35. The Morgan fingerprint density at radius 2 is 2.06 bits per heavy atom. The van der Waals surface area contributed by atoms with Crippen molar-refractivity contribution in [2.75, 3.05) is 0 Å². The van der Waals surface area contributed by atoms with E-state index in [1.807, 2.05) is 25.1 Å². The fourth-order valence-electron chi connectivity index (χ4n) is 1.96. The summed E-state index contributed by atoms with van der Waals surface area (Å²) in [6.45, 7) is 3.95. The van der Waals surface area contributed by atoms with E-state index in [0.717, 1.165) is 22.3 Å². The summed E-state index contributed by atoms with van der Waals surface area (Å²) in [5.41, 5.74) is 4.42. The molecule has 0 bridgehead atoms. The van der Waals surface area contributed by atoms with E-state index < -0.39 is 0 Å². The van der Waals surface area contributed by atoms with Gasteiger partial charge in [0.25, 0.3) is 0 Å². The Kier molecular flexibility index (Phi) is 3.82. The lowest BCUT2D eigenvalue weighted by atomic mass is 9.98. The van der Waals surface area contributed by atoms with Gasteiger partial charge in [-0.15, -0.1) is 0 Å². The molecular formula is C15H16N2O. The third kappa shape index (κ3) is 2.80. The predicted molar refractivity (Wildman–Crippen MR) is 71.2 cm³/mol. The largest absolute Gasteiger partial charge is 0.299 e. The maximum atomic E-state index is 11.4. The number of benzene rings is 1. The Morgan fingerprint density at radius 1 is 1.22 bits per heavy atom. The van der Waals surface area contributed by atoms with Crippen LogP contribution in [-0.4, -0.2) is 16.0 Å². The summed E-state index contributed by atoms with van der Waals surface area (Å²) in [4.78, 5) is 11.4. The zero-order valence-corrected chi connectivity index (χ0v) is 10.7. The molecule has 0 unspecified atom stereocenters. The van der Waals surface area contributed by atoms with Crippen molar-refractivity contribution in [2.24, 2.45) is 0 Å². The first kappa shape index (κ1) is 12.4. The number of Topliss-reactive ketones (excluding diaryl/α,β-unsaturated/α-hetero) is 1. The average Bonchev–Trinajstić information content (AvgIpc) is 2.40. The molecule has 18 heavy (non-hydrogen) atoms. The fraction of sp³-hybridized carbons (Fsp3) is 0.267. The third-order valence-electron chi connectivity index (χ3n) is 2.98. The molecule has 0 saturated carbocycles. The number of rotatable bonds is 4. The SMILES string of the molecule is CCC(=O)Cc1ccc(-c2ccnnc2)c(C)c1. The molecular weight excluding hydrogens is 224 g/mol. The van der Waals surface area contributed by atoms with E-state index >= 15 is 0 Å². The number of nitrogens with zero attached hydrogens (tertiary/aromatic N) is 2. The molecule has 0 aliphatic rings. The molecule has 0 amide bonds. The predicted octanol–water partition coefficient (Wildman–Crippen LogP) is 2.97. The minimum atomic E-state index is 0.271. The lowest BCUT2D eigenvalue weighted by Crippen LogP contribution is -2.00. The Labute approximate surface area is 107 Å². The maximum Gasteiger partial charge on any atom is 0.136 e. The molecule has 1 aromatic carbocycles. The van der Waals surface area contributed by atoms with Crippen molar-refractivity contribution in [1.29, 1.82) is 0 Å². The van der Waals surface area contributed by atoms with Gasteiger partial charge in [-0.05, 0) is 29.7 Å². The summed E-state index contributed by atoms with van der Waals surface area (Å²) in [7, 11) is 0. The molecule has 0 aliphatic heterocycles. The van der Waals surface area contributed by atoms with Gasteiger partial charge in [0.15, 0.2) is 0 Å². The molecule has 0 fully saturated rings. The zero-order valence-electron chi connectivity index (χ0n) is 10.7. The lowest BCUT2D eigenvalue weighted by molar-refractivity contribution is -0.118. The molecule has 0 atom stereocenters. The van der Waals surface area contributed by atoms with E-state index in [-0.39, 0.29) is 5.78 Å². The van der Waals surface area contributed by atoms with Crippen LogP contribution in [0.2, 0.25) is 0 Å². The number of aromatic nitrogens is 2. The van der Waals surface area contributed by atoms with Crippen molar-refractivity contribution < 1.29 is 4.79 Å². The minimum Gasteiger partial charge on any atom is -0.299 e. The fourth-order valence-corrected chi connectivity index (χ4v) is 1.96. The summed E-state index contributed by atoms with van der Waals surface area (Å²) < 4.78 is 0. The van der Waals surface area contributed by atoms with Crippen LogP contribution in [0.15, 0.2) is 36.7 Å². The van der Waals surface area contributed by atoms with Gasteiger partial charge in [-0.25, -0.2) is 0 Å². The second kappa shape index (κ2) is 5.54. The Hall–Kier alpha value is -2.03. The molecule has 2 aromatic rings. The first-order valence-corrected chi connectivity index (χ1v) is 6.09. The van der Waals surface area contributed by atoms with Crippen LogP contribution in [0.25, 0.3) is 11.1 Å². The van der Waals surface area contributed by atoms with Crippen molar-refractivity contribution in [1.82, 2.24) is 10.2 Å². The standard InChI is InChI=1S/C15H16N2O/c1-3-14(18)9-12-4-5-15(11(2)8-12)13-6-7-16-17-10-13/h4-8,10H,3,9H2,1-2H3. The molecule has 3 heteroatoms. The molecule has 3 nitrogen and oxygen atoms in total. The number of ketones is 1. The lowest BCUT2D eigenvalue weighted by Gasteiger charge is -2.07. The van der Waals surface area contributed by atoms with Gasteiger partial charge in [-0.2, -0.15) is 10.2 Å². The van der Waals surface area contributed by atoms with Crippen molar-refractivity contribution in [3.8, 4) is 11.1 Å². The van der Waals surface area contributed by atoms with Gasteiger partial charge in [-0.1, -0.05) is 25.1 Å². The Balaban J connectivity index is 2.28. The molecule has 2 rings (SSSR count). The number of carbonyl (C=O) groups is 1.